The Morgan fingerprint density at radius 1 is 1.39 bits per heavy atom. The van der Waals surface area contributed by atoms with Gasteiger partial charge in [0.2, 0.25) is 0 Å². The summed E-state index contributed by atoms with van der Waals surface area (Å²) in [4.78, 5) is 7.09. The lowest BCUT2D eigenvalue weighted by Crippen LogP contribution is -2.29. The molecule has 1 aromatic heterocycles. The molecule has 3 rings (SSSR count). The summed E-state index contributed by atoms with van der Waals surface area (Å²) in [6, 6.07) is 7.16. The smallest absolute Gasteiger partial charge is 0.112 e. The minimum absolute atomic E-state index is 0.278. The second-order valence-corrected chi connectivity index (χ2v) is 5.36. The van der Waals surface area contributed by atoms with Crippen LogP contribution >= 0.6 is 0 Å². The monoisotopic (exact) mass is 244 g/mol. The van der Waals surface area contributed by atoms with E-state index in [1.165, 1.54) is 11.2 Å². The fraction of sp³-hybridized carbons (Fsp3) is 0.500. The van der Waals surface area contributed by atoms with Gasteiger partial charge in [0.25, 0.3) is 0 Å². The topological polar surface area (TPSA) is 47.1 Å². The van der Waals surface area contributed by atoms with Crippen LogP contribution in [0.5, 0.6) is 0 Å². The maximum Gasteiger partial charge on any atom is 0.112 e. The number of nitrogens with two attached hydrogens (primary N) is 1. The van der Waals surface area contributed by atoms with E-state index in [4.69, 9.17) is 10.7 Å². The third kappa shape index (κ3) is 1.60. The summed E-state index contributed by atoms with van der Waals surface area (Å²) in [6.07, 6.45) is 1.06. The Hall–Kier alpha value is -1.55. The summed E-state index contributed by atoms with van der Waals surface area (Å²) in [5.74, 6) is 1.05. The van der Waals surface area contributed by atoms with Crippen molar-refractivity contribution in [2.45, 2.75) is 32.4 Å². The first-order valence-corrected chi connectivity index (χ1v) is 6.52. The van der Waals surface area contributed by atoms with Gasteiger partial charge in [-0.2, -0.15) is 0 Å². The molecule has 0 aliphatic carbocycles. The molecule has 0 spiro atoms. The fourth-order valence-electron chi connectivity index (χ4n) is 2.96. The molecule has 1 aromatic carbocycles. The second kappa shape index (κ2) is 3.99. The molecule has 4 nitrogen and oxygen atoms in total. The van der Waals surface area contributed by atoms with Crippen LogP contribution in [-0.2, 0) is 7.05 Å². The van der Waals surface area contributed by atoms with Gasteiger partial charge in [-0.1, -0.05) is 6.07 Å². The number of aromatic nitrogens is 2. The number of anilines is 1. The highest BCUT2D eigenvalue weighted by Gasteiger charge is 2.28. The first-order chi connectivity index (χ1) is 8.58. The van der Waals surface area contributed by atoms with Crippen molar-refractivity contribution in [3.8, 4) is 0 Å². The number of benzene rings is 1. The van der Waals surface area contributed by atoms with Crippen molar-refractivity contribution >= 4 is 16.7 Å². The van der Waals surface area contributed by atoms with E-state index in [-0.39, 0.29) is 6.04 Å². The van der Waals surface area contributed by atoms with E-state index >= 15 is 0 Å². The molecule has 18 heavy (non-hydrogen) atoms. The van der Waals surface area contributed by atoms with Crippen LogP contribution in [0.4, 0.5) is 5.69 Å². The summed E-state index contributed by atoms with van der Waals surface area (Å²) in [5, 5.41) is 0. The lowest BCUT2D eigenvalue weighted by molar-refractivity contribution is 0.691. The number of nitrogens with zero attached hydrogens (tertiary/aromatic N) is 3. The van der Waals surface area contributed by atoms with Gasteiger partial charge < -0.3 is 15.2 Å². The van der Waals surface area contributed by atoms with E-state index in [1.54, 1.807) is 0 Å². The van der Waals surface area contributed by atoms with E-state index in [0.717, 1.165) is 24.3 Å². The van der Waals surface area contributed by atoms with Crippen LogP contribution in [0.25, 0.3) is 11.0 Å². The number of aryl methyl sites for hydroxylation is 2. The van der Waals surface area contributed by atoms with Crippen LogP contribution in [0.1, 0.15) is 19.2 Å². The molecule has 2 heterocycles. The van der Waals surface area contributed by atoms with Crippen molar-refractivity contribution in [3.63, 3.8) is 0 Å². The molecule has 4 heteroatoms. The van der Waals surface area contributed by atoms with Crippen LogP contribution in [0.2, 0.25) is 0 Å². The van der Waals surface area contributed by atoms with Gasteiger partial charge >= 0.3 is 0 Å². The van der Waals surface area contributed by atoms with E-state index in [0.29, 0.717) is 6.04 Å². The van der Waals surface area contributed by atoms with Crippen molar-refractivity contribution in [2.24, 2.45) is 12.8 Å². The van der Waals surface area contributed by atoms with Gasteiger partial charge in [0.1, 0.15) is 11.3 Å². The molecule has 0 saturated carbocycles. The van der Waals surface area contributed by atoms with Crippen molar-refractivity contribution in [1.29, 1.82) is 0 Å². The van der Waals surface area contributed by atoms with Gasteiger partial charge in [-0.3, -0.25) is 0 Å². The Balaban J connectivity index is 2.15. The van der Waals surface area contributed by atoms with Crippen LogP contribution in [0, 0.1) is 6.92 Å². The molecule has 1 aliphatic rings. The second-order valence-electron chi connectivity index (χ2n) is 5.36. The molecule has 0 amide bonds. The Bertz CT molecular complexity index is 587. The average molecular weight is 244 g/mol. The highest BCUT2D eigenvalue weighted by molar-refractivity contribution is 5.89. The molecular formula is C14H20N4. The first kappa shape index (κ1) is 11.5. The predicted octanol–water partition coefficient (Wildman–Crippen LogP) is 1.81. The zero-order valence-corrected chi connectivity index (χ0v) is 11.2. The fourth-order valence-corrected chi connectivity index (χ4v) is 2.96. The molecule has 1 saturated heterocycles. The molecule has 2 aromatic rings. The third-order valence-electron chi connectivity index (χ3n) is 4.03. The highest BCUT2D eigenvalue weighted by Crippen LogP contribution is 2.31. The summed E-state index contributed by atoms with van der Waals surface area (Å²) in [7, 11) is 2.06. The minimum atomic E-state index is 0.278. The number of fused-ring (bicyclic) bond motifs is 1. The lowest BCUT2D eigenvalue weighted by Gasteiger charge is -2.24. The van der Waals surface area contributed by atoms with Crippen molar-refractivity contribution in [2.75, 3.05) is 11.4 Å². The standard InChI is InChI=1S/C14H20N4/c1-9-7-11(15)8-18(9)13-6-4-5-12-14(13)16-10(2)17(12)3/h4-6,9,11H,7-8,15H2,1-3H3. The van der Waals surface area contributed by atoms with Crippen molar-refractivity contribution in [1.82, 2.24) is 9.55 Å². The van der Waals surface area contributed by atoms with E-state index < -0.39 is 0 Å². The molecule has 0 radical (unpaired) electrons. The number of hydrogen-bond donors (Lipinski definition) is 1. The highest BCUT2D eigenvalue weighted by atomic mass is 15.2. The zero-order valence-electron chi connectivity index (χ0n) is 11.2. The Labute approximate surface area is 107 Å². The summed E-state index contributed by atoms with van der Waals surface area (Å²) < 4.78 is 2.14. The van der Waals surface area contributed by atoms with Crippen LogP contribution < -0.4 is 10.6 Å². The van der Waals surface area contributed by atoms with Crippen molar-refractivity contribution < 1.29 is 0 Å². The van der Waals surface area contributed by atoms with Crippen LogP contribution in [-0.4, -0.2) is 28.2 Å². The van der Waals surface area contributed by atoms with E-state index in [2.05, 4.69) is 41.6 Å². The van der Waals surface area contributed by atoms with Crippen molar-refractivity contribution in [3.05, 3.63) is 24.0 Å². The van der Waals surface area contributed by atoms with E-state index in [9.17, 15) is 0 Å². The van der Waals surface area contributed by atoms with Crippen LogP contribution in [0.15, 0.2) is 18.2 Å². The van der Waals surface area contributed by atoms with Gasteiger partial charge in [-0.05, 0) is 32.4 Å². The summed E-state index contributed by atoms with van der Waals surface area (Å²) in [6.45, 7) is 5.21. The molecular weight excluding hydrogens is 224 g/mol. The number of para-hydroxylation sites is 1. The summed E-state index contributed by atoms with van der Waals surface area (Å²) >= 11 is 0. The zero-order chi connectivity index (χ0) is 12.9. The summed E-state index contributed by atoms with van der Waals surface area (Å²) in [5.41, 5.74) is 9.57. The molecule has 2 N–H and O–H groups in total. The van der Waals surface area contributed by atoms with Gasteiger partial charge in [0, 0.05) is 25.7 Å². The average Bonchev–Trinajstić information content (AvgIpc) is 2.81. The quantitative estimate of drug-likeness (QED) is 0.832. The number of rotatable bonds is 1. The van der Waals surface area contributed by atoms with Crippen LogP contribution in [0.3, 0.4) is 0 Å². The van der Waals surface area contributed by atoms with Gasteiger partial charge in [0.05, 0.1) is 11.2 Å². The number of hydrogen-bond acceptors (Lipinski definition) is 3. The lowest BCUT2D eigenvalue weighted by atomic mass is 10.2. The Morgan fingerprint density at radius 2 is 2.17 bits per heavy atom. The molecule has 0 bridgehead atoms. The van der Waals surface area contributed by atoms with E-state index in [1.807, 2.05) is 6.92 Å². The predicted molar refractivity (Wildman–Crippen MR) is 74.9 cm³/mol. The van der Waals surface area contributed by atoms with Gasteiger partial charge in [-0.25, -0.2) is 4.98 Å². The van der Waals surface area contributed by atoms with Gasteiger partial charge in [0.15, 0.2) is 0 Å². The first-order valence-electron chi connectivity index (χ1n) is 6.52. The molecule has 2 unspecified atom stereocenters. The SMILES string of the molecule is Cc1nc2c(N3CC(N)CC3C)cccc2n1C. The molecule has 2 atom stereocenters. The van der Waals surface area contributed by atoms with Gasteiger partial charge in [-0.15, -0.1) is 0 Å². The minimum Gasteiger partial charge on any atom is -0.365 e. The number of imidazole rings is 1. The molecule has 1 aliphatic heterocycles. The maximum absolute atomic E-state index is 6.06. The molecule has 96 valence electrons. The Morgan fingerprint density at radius 3 is 2.83 bits per heavy atom. The third-order valence-corrected chi connectivity index (χ3v) is 4.03. The Kier molecular flexibility index (Phi) is 2.55. The largest absolute Gasteiger partial charge is 0.365 e. The maximum atomic E-state index is 6.06. The normalized spacial score (nSPS) is 24.1. The molecule has 1 fully saturated rings.